The first-order chi connectivity index (χ1) is 12.8. The number of nitrogens with one attached hydrogen (secondary N) is 1. The number of hydrogen-bond acceptors (Lipinski definition) is 6. The Bertz CT molecular complexity index is 858. The molecule has 3 N–H and O–H groups in total. The first kappa shape index (κ1) is 20.4. The van der Waals surface area contributed by atoms with Gasteiger partial charge >= 0.3 is 5.97 Å². The van der Waals surface area contributed by atoms with Crippen LogP contribution in [0, 0.1) is 6.92 Å². The monoisotopic (exact) mass is 390 g/mol. The molecular weight excluding hydrogens is 368 g/mol. The lowest BCUT2D eigenvalue weighted by molar-refractivity contribution is -0.117. The summed E-state index contributed by atoms with van der Waals surface area (Å²) in [7, 11) is 2.81. The maximum Gasteiger partial charge on any atom is 0.341 e. The van der Waals surface area contributed by atoms with Crippen molar-refractivity contribution in [2.24, 2.45) is 5.73 Å². The summed E-state index contributed by atoms with van der Waals surface area (Å²) in [5.41, 5.74) is 6.73. The van der Waals surface area contributed by atoms with E-state index in [1.807, 2.05) is 19.1 Å². The van der Waals surface area contributed by atoms with E-state index in [4.69, 9.17) is 15.2 Å². The standard InChI is InChI=1S/C19H22N2O5S/c1-5-13(11-6-8-12(25-3)9-7-11)17(23)21-18-14(19(24)26-4)10(2)15(27-18)16(20)22/h6-9,13H,5H2,1-4H3,(H2,20,22)(H,21,23). The second kappa shape index (κ2) is 8.68. The zero-order valence-electron chi connectivity index (χ0n) is 15.6. The first-order valence-corrected chi connectivity index (χ1v) is 9.11. The van der Waals surface area contributed by atoms with E-state index in [-0.39, 0.29) is 21.3 Å². The van der Waals surface area contributed by atoms with E-state index < -0.39 is 17.8 Å². The summed E-state index contributed by atoms with van der Waals surface area (Å²) in [6, 6.07) is 7.21. The molecular formula is C19H22N2O5S. The third-order valence-electron chi connectivity index (χ3n) is 4.24. The van der Waals surface area contributed by atoms with E-state index in [1.165, 1.54) is 7.11 Å². The van der Waals surface area contributed by atoms with Crippen LogP contribution in [0.5, 0.6) is 5.75 Å². The lowest BCUT2D eigenvalue weighted by Gasteiger charge is -2.16. The number of rotatable bonds is 7. The molecule has 0 aliphatic carbocycles. The van der Waals surface area contributed by atoms with Crippen LogP contribution in [0.3, 0.4) is 0 Å². The maximum absolute atomic E-state index is 12.8. The third-order valence-corrected chi connectivity index (χ3v) is 5.46. The van der Waals surface area contributed by atoms with Gasteiger partial charge in [-0.05, 0) is 36.6 Å². The van der Waals surface area contributed by atoms with Gasteiger partial charge < -0.3 is 20.5 Å². The van der Waals surface area contributed by atoms with Crippen LogP contribution in [0.4, 0.5) is 5.00 Å². The van der Waals surface area contributed by atoms with Crippen molar-refractivity contribution in [1.82, 2.24) is 0 Å². The molecule has 1 unspecified atom stereocenters. The van der Waals surface area contributed by atoms with Crippen molar-refractivity contribution in [1.29, 1.82) is 0 Å². The topological polar surface area (TPSA) is 108 Å². The summed E-state index contributed by atoms with van der Waals surface area (Å²) in [6.07, 6.45) is 0.554. The predicted octanol–water partition coefficient (Wildman–Crippen LogP) is 3.08. The van der Waals surface area contributed by atoms with Crippen LogP contribution in [-0.2, 0) is 9.53 Å². The summed E-state index contributed by atoms with van der Waals surface area (Å²) >= 11 is 0.968. The highest BCUT2D eigenvalue weighted by molar-refractivity contribution is 7.18. The van der Waals surface area contributed by atoms with Gasteiger partial charge in [-0.15, -0.1) is 11.3 Å². The summed E-state index contributed by atoms with van der Waals surface area (Å²) in [5.74, 6) is -1.32. The number of hydrogen-bond donors (Lipinski definition) is 2. The SMILES string of the molecule is CCC(C(=O)Nc1sc(C(N)=O)c(C)c1C(=O)OC)c1ccc(OC)cc1. The molecule has 0 fully saturated rings. The number of carbonyl (C=O) groups is 3. The van der Waals surface area contributed by atoms with Gasteiger partial charge in [0.25, 0.3) is 5.91 Å². The van der Waals surface area contributed by atoms with E-state index in [1.54, 1.807) is 26.2 Å². The van der Waals surface area contributed by atoms with Crippen molar-refractivity contribution in [2.75, 3.05) is 19.5 Å². The molecule has 27 heavy (non-hydrogen) atoms. The normalized spacial score (nSPS) is 11.6. The average Bonchev–Trinajstić information content (AvgIpc) is 2.98. The number of methoxy groups -OCH3 is 2. The number of nitrogens with two attached hydrogens (primary N) is 1. The van der Waals surface area contributed by atoms with E-state index in [0.29, 0.717) is 17.7 Å². The molecule has 2 rings (SSSR count). The number of benzene rings is 1. The second-order valence-corrected chi connectivity index (χ2v) is 6.86. The Morgan fingerprint density at radius 1 is 1.19 bits per heavy atom. The highest BCUT2D eigenvalue weighted by atomic mass is 32.1. The zero-order valence-corrected chi connectivity index (χ0v) is 16.4. The van der Waals surface area contributed by atoms with Crippen LogP contribution in [0.15, 0.2) is 24.3 Å². The molecule has 1 aromatic carbocycles. The van der Waals surface area contributed by atoms with Crippen LogP contribution in [-0.4, -0.2) is 32.0 Å². The minimum atomic E-state index is -0.662. The molecule has 0 radical (unpaired) electrons. The van der Waals surface area contributed by atoms with Gasteiger partial charge in [-0.2, -0.15) is 0 Å². The Balaban J connectivity index is 2.36. The highest BCUT2D eigenvalue weighted by Gasteiger charge is 2.27. The molecule has 1 aromatic heterocycles. The molecule has 0 saturated carbocycles. The predicted molar refractivity (Wildman–Crippen MR) is 104 cm³/mol. The van der Waals surface area contributed by atoms with E-state index in [9.17, 15) is 14.4 Å². The highest BCUT2D eigenvalue weighted by Crippen LogP contribution is 2.34. The number of anilines is 1. The van der Waals surface area contributed by atoms with Gasteiger partial charge in [0, 0.05) is 0 Å². The largest absolute Gasteiger partial charge is 0.497 e. The Kier molecular flexibility index (Phi) is 6.57. The van der Waals surface area contributed by atoms with Gasteiger partial charge in [0.05, 0.1) is 30.6 Å². The molecule has 144 valence electrons. The van der Waals surface area contributed by atoms with Crippen molar-refractivity contribution in [3.05, 3.63) is 45.8 Å². The van der Waals surface area contributed by atoms with Crippen LogP contribution in [0.1, 0.15) is 50.4 Å². The zero-order chi connectivity index (χ0) is 20.1. The summed E-state index contributed by atoms with van der Waals surface area (Å²) in [6.45, 7) is 3.49. The molecule has 0 aliphatic heterocycles. The van der Waals surface area contributed by atoms with Crippen molar-refractivity contribution in [3.63, 3.8) is 0 Å². The minimum Gasteiger partial charge on any atom is -0.497 e. The van der Waals surface area contributed by atoms with Crippen molar-refractivity contribution in [2.45, 2.75) is 26.2 Å². The van der Waals surface area contributed by atoms with Gasteiger partial charge in [-0.1, -0.05) is 19.1 Å². The van der Waals surface area contributed by atoms with Gasteiger partial charge in [0.1, 0.15) is 10.8 Å². The van der Waals surface area contributed by atoms with Gasteiger partial charge in [-0.25, -0.2) is 4.79 Å². The molecule has 2 aromatic rings. The number of esters is 1. The molecule has 8 heteroatoms. The third kappa shape index (κ3) is 4.28. The Morgan fingerprint density at radius 2 is 1.81 bits per heavy atom. The Morgan fingerprint density at radius 3 is 2.30 bits per heavy atom. The fourth-order valence-corrected chi connectivity index (χ4v) is 3.84. The molecule has 1 heterocycles. The van der Waals surface area contributed by atoms with Crippen molar-refractivity contribution >= 4 is 34.1 Å². The minimum absolute atomic E-state index is 0.147. The number of thiophene rings is 1. The van der Waals surface area contributed by atoms with Gasteiger partial charge in [0.15, 0.2) is 0 Å². The Labute approximate surface area is 161 Å². The average molecular weight is 390 g/mol. The van der Waals surface area contributed by atoms with Crippen molar-refractivity contribution < 1.29 is 23.9 Å². The molecule has 0 aliphatic rings. The van der Waals surface area contributed by atoms with Crippen LogP contribution >= 0.6 is 11.3 Å². The fourth-order valence-electron chi connectivity index (χ4n) is 2.79. The molecule has 7 nitrogen and oxygen atoms in total. The summed E-state index contributed by atoms with van der Waals surface area (Å²) in [4.78, 5) is 36.8. The van der Waals surface area contributed by atoms with E-state index >= 15 is 0 Å². The lowest BCUT2D eigenvalue weighted by Crippen LogP contribution is -2.21. The summed E-state index contributed by atoms with van der Waals surface area (Å²) in [5, 5.41) is 3.01. The number of amides is 2. The number of primary amides is 1. The van der Waals surface area contributed by atoms with Gasteiger partial charge in [-0.3, -0.25) is 9.59 Å². The van der Waals surface area contributed by atoms with Crippen molar-refractivity contribution in [3.8, 4) is 5.75 Å². The smallest absolute Gasteiger partial charge is 0.341 e. The summed E-state index contributed by atoms with van der Waals surface area (Å²) < 4.78 is 9.92. The first-order valence-electron chi connectivity index (χ1n) is 8.30. The second-order valence-electron chi connectivity index (χ2n) is 5.84. The molecule has 0 spiro atoms. The molecule has 2 amide bonds. The number of carbonyl (C=O) groups excluding carboxylic acids is 3. The molecule has 0 saturated heterocycles. The van der Waals surface area contributed by atoms with Crippen LogP contribution in [0.25, 0.3) is 0 Å². The lowest BCUT2D eigenvalue weighted by atomic mass is 9.95. The maximum atomic E-state index is 12.8. The van der Waals surface area contributed by atoms with Crippen LogP contribution in [0.2, 0.25) is 0 Å². The fraction of sp³-hybridized carbons (Fsp3) is 0.316. The van der Waals surface area contributed by atoms with Gasteiger partial charge in [0.2, 0.25) is 5.91 Å². The Hall–Kier alpha value is -2.87. The molecule has 0 bridgehead atoms. The van der Waals surface area contributed by atoms with Crippen LogP contribution < -0.4 is 15.8 Å². The number of ether oxygens (including phenoxy) is 2. The molecule has 1 atom stereocenters. The van der Waals surface area contributed by atoms with E-state index in [0.717, 1.165) is 16.9 Å². The quantitative estimate of drug-likeness (QED) is 0.707. The van der Waals surface area contributed by atoms with E-state index in [2.05, 4.69) is 5.32 Å².